The molecule has 0 spiro atoms. The van der Waals surface area contributed by atoms with Crippen LogP contribution in [0.5, 0.6) is 0 Å². The summed E-state index contributed by atoms with van der Waals surface area (Å²) in [6.45, 7) is 3.85. The van der Waals surface area contributed by atoms with Gasteiger partial charge in [-0.2, -0.15) is 0 Å². The number of aryl methyl sites for hydroxylation is 2. The number of rotatable bonds is 5. The van der Waals surface area contributed by atoms with E-state index < -0.39 is 5.97 Å². The lowest BCUT2D eigenvalue weighted by Gasteiger charge is -1.97. The second-order valence-corrected chi connectivity index (χ2v) is 3.52. The number of H-pyrrole nitrogens is 1. The van der Waals surface area contributed by atoms with Gasteiger partial charge >= 0.3 is 5.97 Å². The number of carbonyl (C=O) groups is 2. The molecule has 0 aliphatic rings. The summed E-state index contributed by atoms with van der Waals surface area (Å²) in [6.07, 6.45) is 0.783. The van der Waals surface area contributed by atoms with E-state index in [1.165, 1.54) is 0 Å². The van der Waals surface area contributed by atoms with Gasteiger partial charge in [-0.15, -0.1) is 0 Å². The number of carboxylic acid groups (broad SMARTS) is 1. The van der Waals surface area contributed by atoms with Gasteiger partial charge in [-0.25, -0.2) is 0 Å². The Morgan fingerprint density at radius 1 is 1.40 bits per heavy atom. The molecule has 0 bridgehead atoms. The lowest BCUT2D eigenvalue weighted by atomic mass is 10.1. The molecular formula is C11H15NO3. The minimum Gasteiger partial charge on any atom is -0.481 e. The first-order valence-corrected chi connectivity index (χ1v) is 4.98. The van der Waals surface area contributed by atoms with Crippen molar-refractivity contribution in [1.29, 1.82) is 0 Å². The van der Waals surface area contributed by atoms with Crippen LogP contribution in [0.25, 0.3) is 0 Å². The first kappa shape index (κ1) is 11.5. The van der Waals surface area contributed by atoms with Crippen LogP contribution >= 0.6 is 0 Å². The van der Waals surface area contributed by atoms with Gasteiger partial charge in [0.25, 0.3) is 0 Å². The van der Waals surface area contributed by atoms with Gasteiger partial charge in [0.05, 0.1) is 12.1 Å². The highest BCUT2D eigenvalue weighted by Crippen LogP contribution is 2.13. The van der Waals surface area contributed by atoms with Crippen LogP contribution in [-0.4, -0.2) is 21.8 Å². The summed E-state index contributed by atoms with van der Waals surface area (Å²) in [5.41, 5.74) is 2.45. The van der Waals surface area contributed by atoms with Crippen molar-refractivity contribution >= 4 is 11.8 Å². The molecule has 15 heavy (non-hydrogen) atoms. The van der Waals surface area contributed by atoms with Gasteiger partial charge in [-0.3, -0.25) is 9.59 Å². The normalized spacial score (nSPS) is 10.3. The smallest absolute Gasteiger partial charge is 0.303 e. The molecule has 1 rings (SSSR count). The van der Waals surface area contributed by atoms with Crippen LogP contribution in [0, 0.1) is 6.92 Å². The van der Waals surface area contributed by atoms with Gasteiger partial charge in [0.1, 0.15) is 0 Å². The van der Waals surface area contributed by atoms with Crippen molar-refractivity contribution in [3.63, 3.8) is 0 Å². The number of ketones is 1. The Labute approximate surface area is 88.3 Å². The van der Waals surface area contributed by atoms with Crippen molar-refractivity contribution in [3.8, 4) is 0 Å². The van der Waals surface area contributed by atoms with Crippen LogP contribution in [0.15, 0.2) is 6.07 Å². The van der Waals surface area contributed by atoms with E-state index in [-0.39, 0.29) is 18.6 Å². The topological polar surface area (TPSA) is 70.2 Å². The fraction of sp³-hybridized carbons (Fsp3) is 0.455. The summed E-state index contributed by atoms with van der Waals surface area (Å²) >= 11 is 0. The summed E-state index contributed by atoms with van der Waals surface area (Å²) in [6, 6.07) is 1.92. The molecule has 1 heterocycles. The maximum atomic E-state index is 11.6. The number of aromatic nitrogens is 1. The number of aromatic amines is 1. The zero-order valence-electron chi connectivity index (χ0n) is 8.96. The van der Waals surface area contributed by atoms with Crippen molar-refractivity contribution in [2.24, 2.45) is 0 Å². The number of carboxylic acids is 1. The predicted octanol–water partition coefficient (Wildman–Crippen LogP) is 1.93. The second kappa shape index (κ2) is 4.77. The van der Waals surface area contributed by atoms with Crippen molar-refractivity contribution < 1.29 is 14.7 Å². The Hall–Kier alpha value is -1.58. The third kappa shape index (κ3) is 2.94. The van der Waals surface area contributed by atoms with E-state index >= 15 is 0 Å². The lowest BCUT2D eigenvalue weighted by molar-refractivity contribution is -0.136. The standard InChI is InChI=1S/C11H15NO3/c1-3-8-6-7(2)11(12-8)9(13)4-5-10(14)15/h6,12H,3-5H2,1-2H3,(H,14,15). The van der Waals surface area contributed by atoms with Crippen LogP contribution in [0.3, 0.4) is 0 Å². The first-order valence-electron chi connectivity index (χ1n) is 4.98. The molecule has 82 valence electrons. The van der Waals surface area contributed by atoms with E-state index in [1.807, 2.05) is 19.9 Å². The summed E-state index contributed by atoms with van der Waals surface area (Å²) in [7, 11) is 0. The van der Waals surface area contributed by atoms with E-state index in [1.54, 1.807) is 0 Å². The number of Topliss-reactive ketones (excluding diaryl/α,β-unsaturated/α-hetero) is 1. The molecule has 0 saturated carbocycles. The summed E-state index contributed by atoms with van der Waals surface area (Å²) in [4.78, 5) is 24.9. The molecule has 0 saturated heterocycles. The maximum absolute atomic E-state index is 11.6. The molecule has 0 unspecified atom stereocenters. The van der Waals surface area contributed by atoms with E-state index in [2.05, 4.69) is 4.98 Å². The molecule has 4 nitrogen and oxygen atoms in total. The number of hydrogen-bond donors (Lipinski definition) is 2. The average molecular weight is 209 g/mol. The monoisotopic (exact) mass is 209 g/mol. The highest BCUT2D eigenvalue weighted by Gasteiger charge is 2.13. The predicted molar refractivity (Wildman–Crippen MR) is 56.1 cm³/mol. The third-order valence-corrected chi connectivity index (χ3v) is 2.30. The van der Waals surface area contributed by atoms with E-state index in [4.69, 9.17) is 5.11 Å². The molecule has 0 fully saturated rings. The summed E-state index contributed by atoms with van der Waals surface area (Å²) in [5.74, 6) is -1.07. The number of nitrogens with one attached hydrogen (secondary N) is 1. The fourth-order valence-corrected chi connectivity index (χ4v) is 1.45. The Morgan fingerprint density at radius 2 is 2.07 bits per heavy atom. The van der Waals surface area contributed by atoms with Crippen LogP contribution < -0.4 is 0 Å². The Morgan fingerprint density at radius 3 is 2.53 bits per heavy atom. The van der Waals surface area contributed by atoms with Gasteiger partial charge in [-0.1, -0.05) is 6.92 Å². The number of aliphatic carboxylic acids is 1. The maximum Gasteiger partial charge on any atom is 0.303 e. The molecule has 1 aromatic rings. The molecule has 4 heteroatoms. The van der Waals surface area contributed by atoms with E-state index in [0.29, 0.717) is 5.69 Å². The van der Waals surface area contributed by atoms with Gasteiger partial charge in [0, 0.05) is 12.1 Å². The molecule has 2 N–H and O–H groups in total. The van der Waals surface area contributed by atoms with Crippen molar-refractivity contribution in [2.45, 2.75) is 33.1 Å². The van der Waals surface area contributed by atoms with Gasteiger partial charge in [0.15, 0.2) is 5.78 Å². The lowest BCUT2D eigenvalue weighted by Crippen LogP contribution is -2.05. The van der Waals surface area contributed by atoms with Crippen LogP contribution in [0.1, 0.15) is 41.5 Å². The van der Waals surface area contributed by atoms with Crippen LogP contribution in [0.4, 0.5) is 0 Å². The molecule has 0 aliphatic carbocycles. The molecule has 0 amide bonds. The zero-order valence-corrected chi connectivity index (χ0v) is 8.96. The Kier molecular flexibility index (Phi) is 3.66. The Balaban J connectivity index is 2.72. The number of carbonyl (C=O) groups excluding carboxylic acids is 1. The molecule has 0 atom stereocenters. The fourth-order valence-electron chi connectivity index (χ4n) is 1.45. The highest BCUT2D eigenvalue weighted by atomic mass is 16.4. The van der Waals surface area contributed by atoms with Crippen molar-refractivity contribution in [2.75, 3.05) is 0 Å². The first-order chi connectivity index (χ1) is 7.04. The minimum absolute atomic E-state index is 0.0554. The molecule has 0 aromatic carbocycles. The molecular weight excluding hydrogens is 194 g/mol. The number of hydrogen-bond acceptors (Lipinski definition) is 2. The Bertz CT molecular complexity index is 379. The second-order valence-electron chi connectivity index (χ2n) is 3.52. The molecule has 0 aliphatic heterocycles. The molecule has 1 aromatic heterocycles. The zero-order chi connectivity index (χ0) is 11.4. The third-order valence-electron chi connectivity index (χ3n) is 2.30. The summed E-state index contributed by atoms with van der Waals surface area (Å²) < 4.78 is 0. The minimum atomic E-state index is -0.941. The van der Waals surface area contributed by atoms with Crippen LogP contribution in [-0.2, 0) is 11.2 Å². The van der Waals surface area contributed by atoms with Gasteiger partial charge in [-0.05, 0) is 25.0 Å². The van der Waals surface area contributed by atoms with Crippen molar-refractivity contribution in [1.82, 2.24) is 4.98 Å². The average Bonchev–Trinajstić information content (AvgIpc) is 2.56. The van der Waals surface area contributed by atoms with Crippen LogP contribution in [0.2, 0.25) is 0 Å². The van der Waals surface area contributed by atoms with E-state index in [9.17, 15) is 9.59 Å². The molecule has 0 radical (unpaired) electrons. The quantitative estimate of drug-likeness (QED) is 0.728. The van der Waals surface area contributed by atoms with Crippen molar-refractivity contribution in [3.05, 3.63) is 23.0 Å². The largest absolute Gasteiger partial charge is 0.481 e. The SMILES string of the molecule is CCc1cc(C)c(C(=O)CCC(=O)O)[nH]1. The van der Waals surface area contributed by atoms with Gasteiger partial charge < -0.3 is 10.1 Å². The summed E-state index contributed by atoms with van der Waals surface area (Å²) in [5, 5.41) is 8.47. The van der Waals surface area contributed by atoms with Gasteiger partial charge in [0.2, 0.25) is 0 Å². The highest BCUT2D eigenvalue weighted by molar-refractivity contribution is 5.97. The van der Waals surface area contributed by atoms with E-state index in [0.717, 1.165) is 17.7 Å².